The van der Waals surface area contributed by atoms with Crippen molar-refractivity contribution >= 4 is 22.8 Å². The van der Waals surface area contributed by atoms with E-state index in [9.17, 15) is 8.78 Å². The van der Waals surface area contributed by atoms with E-state index < -0.39 is 11.6 Å². The van der Waals surface area contributed by atoms with Crippen molar-refractivity contribution in [3.63, 3.8) is 0 Å². The summed E-state index contributed by atoms with van der Waals surface area (Å²) < 4.78 is 31.7. The maximum atomic E-state index is 14.3. The average Bonchev–Trinajstić information content (AvgIpc) is 3.28. The Morgan fingerprint density at radius 1 is 1.11 bits per heavy atom. The van der Waals surface area contributed by atoms with E-state index in [4.69, 9.17) is 16.6 Å². The van der Waals surface area contributed by atoms with Crippen molar-refractivity contribution in [2.45, 2.75) is 25.9 Å². The van der Waals surface area contributed by atoms with E-state index in [1.165, 1.54) is 12.8 Å². The minimum atomic E-state index is -0.520. The molecule has 3 heterocycles. The first-order chi connectivity index (χ1) is 13.6. The largest absolute Gasteiger partial charge is 0.323 e. The van der Waals surface area contributed by atoms with Gasteiger partial charge in [0.05, 0.1) is 12.1 Å². The number of hydrogen-bond acceptors (Lipinski definition) is 3. The van der Waals surface area contributed by atoms with Gasteiger partial charge in [0.15, 0.2) is 5.65 Å². The fourth-order valence-corrected chi connectivity index (χ4v) is 3.54. The van der Waals surface area contributed by atoms with Gasteiger partial charge in [-0.15, -0.1) is 0 Å². The molecule has 0 radical (unpaired) electrons. The quantitative estimate of drug-likeness (QED) is 0.458. The Balaban J connectivity index is 1.58. The zero-order valence-electron chi connectivity index (χ0n) is 14.8. The molecule has 0 saturated heterocycles. The van der Waals surface area contributed by atoms with Gasteiger partial charge in [-0.25, -0.2) is 23.7 Å². The molecule has 142 valence electrons. The van der Waals surface area contributed by atoms with Crippen LogP contribution < -0.4 is 0 Å². The van der Waals surface area contributed by atoms with Crippen molar-refractivity contribution in [2.24, 2.45) is 5.92 Å². The molecule has 1 aromatic carbocycles. The van der Waals surface area contributed by atoms with Crippen molar-refractivity contribution in [1.29, 1.82) is 0 Å². The molecular weight excluding hydrogens is 384 g/mol. The molecule has 0 unspecified atom stereocenters. The van der Waals surface area contributed by atoms with Gasteiger partial charge in [-0.05, 0) is 49.1 Å². The zero-order chi connectivity index (χ0) is 19.3. The minimum Gasteiger partial charge on any atom is -0.323 e. The number of benzene rings is 1. The highest BCUT2D eigenvalue weighted by Gasteiger charge is 2.25. The zero-order valence-corrected chi connectivity index (χ0v) is 15.6. The van der Waals surface area contributed by atoms with Gasteiger partial charge in [0.25, 0.3) is 0 Å². The summed E-state index contributed by atoms with van der Waals surface area (Å²) in [4.78, 5) is 13.4. The summed E-state index contributed by atoms with van der Waals surface area (Å²) in [5, 5.41) is 0.418. The minimum absolute atomic E-state index is 0.121. The molecule has 5 nitrogen and oxygen atoms in total. The van der Waals surface area contributed by atoms with Crippen LogP contribution >= 0.6 is 11.6 Å². The summed E-state index contributed by atoms with van der Waals surface area (Å²) in [6.45, 7) is 1.18. The third-order valence-corrected chi connectivity index (χ3v) is 5.18. The predicted octanol–water partition coefficient (Wildman–Crippen LogP) is 4.68. The number of fused-ring (bicyclic) bond motifs is 1. The lowest BCUT2D eigenvalue weighted by molar-refractivity contribution is 0.585. The van der Waals surface area contributed by atoms with E-state index in [0.29, 0.717) is 23.4 Å². The van der Waals surface area contributed by atoms with Gasteiger partial charge in [-0.1, -0.05) is 11.6 Å². The fourth-order valence-electron chi connectivity index (χ4n) is 3.40. The average molecular weight is 400 g/mol. The number of imidazole rings is 2. The second-order valence-electron chi connectivity index (χ2n) is 7.06. The van der Waals surface area contributed by atoms with Crippen LogP contribution in [0.4, 0.5) is 8.78 Å². The highest BCUT2D eigenvalue weighted by molar-refractivity contribution is 6.29. The summed E-state index contributed by atoms with van der Waals surface area (Å²) in [5.41, 5.74) is 1.63. The Kier molecular flexibility index (Phi) is 4.12. The molecule has 0 aliphatic heterocycles. The van der Waals surface area contributed by atoms with Gasteiger partial charge in [0.1, 0.15) is 34.0 Å². The molecule has 1 aliphatic rings. The molecular formula is C20H16ClF2N5. The van der Waals surface area contributed by atoms with Gasteiger partial charge >= 0.3 is 0 Å². The summed E-state index contributed by atoms with van der Waals surface area (Å²) in [5.74, 6) is 0.722. The van der Waals surface area contributed by atoms with E-state index >= 15 is 0 Å². The molecule has 1 fully saturated rings. The molecule has 0 spiro atoms. The normalized spacial score (nSPS) is 14.1. The highest BCUT2D eigenvalue weighted by Crippen LogP contribution is 2.33. The Hall–Kier alpha value is -2.80. The maximum Gasteiger partial charge on any atom is 0.161 e. The Morgan fingerprint density at radius 2 is 1.96 bits per heavy atom. The first-order valence-electron chi connectivity index (χ1n) is 9.07. The highest BCUT2D eigenvalue weighted by atomic mass is 35.5. The van der Waals surface area contributed by atoms with E-state index in [2.05, 4.69) is 14.5 Å². The molecule has 0 N–H and O–H groups in total. The smallest absolute Gasteiger partial charge is 0.161 e. The first-order valence-corrected chi connectivity index (χ1v) is 9.44. The number of hydrogen-bond donors (Lipinski definition) is 0. The Bertz CT molecular complexity index is 1180. The molecule has 0 atom stereocenters. The monoisotopic (exact) mass is 399 g/mol. The molecule has 5 rings (SSSR count). The van der Waals surface area contributed by atoms with E-state index in [1.807, 2.05) is 6.07 Å². The van der Waals surface area contributed by atoms with Gasteiger partial charge in [0, 0.05) is 18.9 Å². The van der Waals surface area contributed by atoms with E-state index in [1.54, 1.807) is 23.0 Å². The standard InChI is InChI=1S/C20H16ClF2N5/c21-17-6-5-16-20(26-17)28(10-12-1-2-12)18(25-16)11-27-8-7-24-19(27)14-9-13(22)3-4-15(14)23/h3-9,12H,1-2,10-11H2. The molecule has 28 heavy (non-hydrogen) atoms. The van der Waals surface area contributed by atoms with E-state index in [0.717, 1.165) is 41.7 Å². The van der Waals surface area contributed by atoms with Crippen LogP contribution in [0.5, 0.6) is 0 Å². The third kappa shape index (κ3) is 3.16. The second-order valence-corrected chi connectivity index (χ2v) is 7.45. The number of pyridine rings is 1. The third-order valence-electron chi connectivity index (χ3n) is 4.97. The molecule has 0 bridgehead atoms. The van der Waals surface area contributed by atoms with Gasteiger partial charge in [-0.2, -0.15) is 0 Å². The van der Waals surface area contributed by atoms with Crippen molar-refractivity contribution in [3.05, 3.63) is 65.3 Å². The molecule has 1 saturated carbocycles. The number of aromatic nitrogens is 5. The molecule has 3 aromatic heterocycles. The maximum absolute atomic E-state index is 14.3. The number of nitrogens with zero attached hydrogens (tertiary/aromatic N) is 5. The molecule has 0 amide bonds. The topological polar surface area (TPSA) is 48.5 Å². The lowest BCUT2D eigenvalue weighted by atomic mass is 10.2. The van der Waals surface area contributed by atoms with Crippen LogP contribution in [-0.4, -0.2) is 24.1 Å². The number of halogens is 3. The first kappa shape index (κ1) is 17.3. The van der Waals surface area contributed by atoms with Crippen LogP contribution in [0.2, 0.25) is 5.15 Å². The molecule has 1 aliphatic carbocycles. The van der Waals surface area contributed by atoms with Crippen LogP contribution in [-0.2, 0) is 13.1 Å². The number of rotatable bonds is 5. The van der Waals surface area contributed by atoms with Crippen molar-refractivity contribution in [3.8, 4) is 11.4 Å². The van der Waals surface area contributed by atoms with Crippen molar-refractivity contribution in [1.82, 2.24) is 24.1 Å². The molecule has 8 heteroatoms. The van der Waals surface area contributed by atoms with Crippen LogP contribution in [0.1, 0.15) is 18.7 Å². The lowest BCUT2D eigenvalue weighted by Gasteiger charge is -2.11. The van der Waals surface area contributed by atoms with Crippen LogP contribution in [0, 0.1) is 17.6 Å². The van der Waals surface area contributed by atoms with Gasteiger partial charge in [0.2, 0.25) is 0 Å². The lowest BCUT2D eigenvalue weighted by Crippen LogP contribution is -2.11. The predicted molar refractivity (Wildman–Crippen MR) is 102 cm³/mol. The second kappa shape index (κ2) is 6.67. The molecule has 4 aromatic rings. The van der Waals surface area contributed by atoms with Gasteiger partial charge < -0.3 is 9.13 Å². The Labute approximate surface area is 164 Å². The summed E-state index contributed by atoms with van der Waals surface area (Å²) in [6, 6.07) is 6.92. The van der Waals surface area contributed by atoms with Gasteiger partial charge in [-0.3, -0.25) is 0 Å². The van der Waals surface area contributed by atoms with Crippen molar-refractivity contribution in [2.75, 3.05) is 0 Å². The van der Waals surface area contributed by atoms with Crippen molar-refractivity contribution < 1.29 is 8.78 Å². The van der Waals surface area contributed by atoms with Crippen LogP contribution in [0.25, 0.3) is 22.6 Å². The summed E-state index contributed by atoms with van der Waals surface area (Å²) in [6.07, 6.45) is 5.68. The van der Waals surface area contributed by atoms with Crippen LogP contribution in [0.3, 0.4) is 0 Å². The van der Waals surface area contributed by atoms with Crippen LogP contribution in [0.15, 0.2) is 42.7 Å². The summed E-state index contributed by atoms with van der Waals surface area (Å²) in [7, 11) is 0. The Morgan fingerprint density at radius 3 is 2.79 bits per heavy atom. The van der Waals surface area contributed by atoms with E-state index in [-0.39, 0.29) is 5.56 Å². The summed E-state index contributed by atoms with van der Waals surface area (Å²) >= 11 is 6.09. The SMILES string of the molecule is Fc1ccc(F)c(-c2nccn2Cc2nc3ccc(Cl)nc3n2CC2CC2)c1. The fraction of sp³-hybridized carbons (Fsp3) is 0.250.